The van der Waals surface area contributed by atoms with E-state index in [4.69, 9.17) is 9.40 Å². The highest BCUT2D eigenvalue weighted by molar-refractivity contribution is 6.16. The number of fused-ring (bicyclic) bond motifs is 14. The first kappa shape index (κ1) is 32.6. The van der Waals surface area contributed by atoms with Crippen molar-refractivity contribution in [3.05, 3.63) is 200 Å². The zero-order valence-electron chi connectivity index (χ0n) is 32.7. The van der Waals surface area contributed by atoms with Crippen LogP contribution in [-0.4, -0.2) is 23.1 Å². The third-order valence-corrected chi connectivity index (χ3v) is 12.8. The highest BCUT2D eigenvalue weighted by atomic mass is 16.3. The maximum absolute atomic E-state index is 6.63. The number of aromatic nitrogens is 5. The van der Waals surface area contributed by atoms with Crippen molar-refractivity contribution in [2.75, 3.05) is 0 Å². The van der Waals surface area contributed by atoms with Crippen molar-refractivity contribution < 1.29 is 4.42 Å². The summed E-state index contributed by atoms with van der Waals surface area (Å²) in [6.45, 7) is 0. The molecular weight excluding hydrogens is 747 g/mol. The van der Waals surface area contributed by atoms with Crippen molar-refractivity contribution in [3.63, 3.8) is 0 Å². The maximum Gasteiger partial charge on any atom is 0.220 e. The fraction of sp³-hybridized carbons (Fsp3) is 0. The predicted molar refractivity (Wildman–Crippen MR) is 251 cm³/mol. The molecule has 6 heteroatoms. The first-order chi connectivity index (χ1) is 30.3. The summed E-state index contributed by atoms with van der Waals surface area (Å²) in [7, 11) is 0. The molecule has 0 aliphatic carbocycles. The molecule has 0 saturated carbocycles. The zero-order chi connectivity index (χ0) is 39.8. The van der Waals surface area contributed by atoms with Crippen LogP contribution in [0.2, 0.25) is 0 Å². The summed E-state index contributed by atoms with van der Waals surface area (Å²) in [5.41, 5.74) is 16.3. The summed E-state index contributed by atoms with van der Waals surface area (Å²) < 4.78 is 16.0. The molecule has 0 bridgehead atoms. The van der Waals surface area contributed by atoms with Crippen LogP contribution in [0.4, 0.5) is 0 Å². The van der Waals surface area contributed by atoms with Crippen molar-refractivity contribution in [3.8, 4) is 28.2 Å². The molecule has 9 aromatic carbocycles. The maximum atomic E-state index is 6.63. The van der Waals surface area contributed by atoms with E-state index in [0.717, 1.165) is 89.0 Å². The monoisotopic (exact) mass is 779 g/mol. The van der Waals surface area contributed by atoms with Crippen LogP contribution >= 0.6 is 0 Å². The molecular formula is C55H33N5O. The van der Waals surface area contributed by atoms with E-state index in [-0.39, 0.29) is 0 Å². The third kappa shape index (κ3) is 4.48. The van der Waals surface area contributed by atoms with Crippen LogP contribution in [0.5, 0.6) is 0 Å². The van der Waals surface area contributed by atoms with Gasteiger partial charge in [-0.15, -0.1) is 0 Å². The number of furan rings is 1. The smallest absolute Gasteiger partial charge is 0.220 e. The summed E-state index contributed by atoms with van der Waals surface area (Å²) in [6, 6.07) is 71.8. The molecule has 0 atom stereocenters. The summed E-state index contributed by atoms with van der Waals surface area (Å²) in [6.07, 6.45) is 0. The van der Waals surface area contributed by atoms with Gasteiger partial charge in [0.05, 0.1) is 55.2 Å². The molecule has 0 spiro atoms. The van der Waals surface area contributed by atoms with Gasteiger partial charge in [-0.05, 0) is 108 Å². The average molecular weight is 780 g/mol. The second kappa shape index (κ2) is 12.1. The van der Waals surface area contributed by atoms with Crippen molar-refractivity contribution in [1.29, 1.82) is 0 Å². The standard InChI is InChI=1S/C55H33N5O/c1-5-19-44-38(15-1)39-16-2-6-20-45(39)57(44)37-28-29-47-41(33-37)40-17-3-7-21-46(40)59(47)51-25-12-26-53-54(51)42-32-35(27-30-52(42)61-53)34-13-11-14-36(31-34)58-49-23-9-10-24-50(49)60-48-22-8-4-18-43(48)56-55(58)60/h1-33H. The lowest BCUT2D eigenvalue weighted by Crippen LogP contribution is -1.96. The Hall–Kier alpha value is -8.35. The van der Waals surface area contributed by atoms with Crippen LogP contribution in [0.15, 0.2) is 205 Å². The highest BCUT2D eigenvalue weighted by Crippen LogP contribution is 2.42. The molecule has 0 saturated heterocycles. The predicted octanol–water partition coefficient (Wildman–Crippen LogP) is 14.2. The molecule has 5 heterocycles. The van der Waals surface area contributed by atoms with E-state index in [1.807, 2.05) is 6.07 Å². The minimum Gasteiger partial charge on any atom is -0.456 e. The normalized spacial score (nSPS) is 12.3. The van der Waals surface area contributed by atoms with E-state index in [2.05, 4.69) is 212 Å². The number of benzene rings is 9. The molecule has 0 fully saturated rings. The average Bonchev–Trinajstić information content (AvgIpc) is 4.12. The summed E-state index contributed by atoms with van der Waals surface area (Å²) in [5, 5.41) is 7.09. The second-order valence-electron chi connectivity index (χ2n) is 16.0. The molecule has 6 nitrogen and oxygen atoms in total. The van der Waals surface area contributed by atoms with Gasteiger partial charge in [-0.1, -0.05) is 103 Å². The minimum atomic E-state index is 0.860. The molecule has 0 amide bonds. The molecule has 0 unspecified atom stereocenters. The van der Waals surface area contributed by atoms with Gasteiger partial charge in [0.1, 0.15) is 11.2 Å². The van der Waals surface area contributed by atoms with Gasteiger partial charge >= 0.3 is 0 Å². The first-order valence-corrected chi connectivity index (χ1v) is 20.7. The fourth-order valence-corrected chi connectivity index (χ4v) is 10.2. The Morgan fingerprint density at radius 2 is 0.951 bits per heavy atom. The Morgan fingerprint density at radius 3 is 1.74 bits per heavy atom. The lowest BCUT2D eigenvalue weighted by molar-refractivity contribution is 0.669. The van der Waals surface area contributed by atoms with Gasteiger partial charge in [-0.25, -0.2) is 4.98 Å². The lowest BCUT2D eigenvalue weighted by atomic mass is 10.0. The Kier molecular flexibility index (Phi) is 6.46. The highest BCUT2D eigenvalue weighted by Gasteiger charge is 2.21. The SMILES string of the molecule is c1cc(-c2ccc3oc4cccc(-n5c6ccccc6c6cc(-n7c8ccccc8c8ccccc87)ccc65)c4c3c2)cc(-n2c3ccccc3n3c4ccccc4nc23)c1. The van der Waals surface area contributed by atoms with E-state index >= 15 is 0 Å². The topological polar surface area (TPSA) is 45.2 Å². The number of imidazole rings is 2. The Labute approximate surface area is 348 Å². The van der Waals surface area contributed by atoms with Crippen molar-refractivity contribution in [2.45, 2.75) is 0 Å². The van der Waals surface area contributed by atoms with Crippen LogP contribution in [0.1, 0.15) is 0 Å². The van der Waals surface area contributed by atoms with Crippen molar-refractivity contribution >= 4 is 93.4 Å². The number of hydrogen-bond donors (Lipinski definition) is 0. The van der Waals surface area contributed by atoms with Gasteiger partial charge in [0.25, 0.3) is 0 Å². The quantitative estimate of drug-likeness (QED) is 0.179. The van der Waals surface area contributed by atoms with Crippen LogP contribution in [-0.2, 0) is 0 Å². The molecule has 5 aromatic heterocycles. The van der Waals surface area contributed by atoms with E-state index in [9.17, 15) is 0 Å². The molecule has 0 aliphatic rings. The summed E-state index contributed by atoms with van der Waals surface area (Å²) in [5.74, 6) is 0.897. The first-order valence-electron chi connectivity index (χ1n) is 20.7. The molecule has 0 aliphatic heterocycles. The number of para-hydroxylation sites is 7. The summed E-state index contributed by atoms with van der Waals surface area (Å²) in [4.78, 5) is 5.13. The molecule has 0 radical (unpaired) electrons. The molecule has 284 valence electrons. The number of nitrogens with zero attached hydrogens (tertiary/aromatic N) is 5. The Balaban J connectivity index is 0.957. The van der Waals surface area contributed by atoms with E-state index in [1.165, 1.54) is 32.6 Å². The summed E-state index contributed by atoms with van der Waals surface area (Å²) >= 11 is 0. The van der Waals surface area contributed by atoms with E-state index in [0.29, 0.717) is 0 Å². The van der Waals surface area contributed by atoms with Gasteiger partial charge in [-0.2, -0.15) is 0 Å². The van der Waals surface area contributed by atoms with Gasteiger partial charge in [0.2, 0.25) is 5.78 Å². The number of rotatable bonds is 4. The lowest BCUT2D eigenvalue weighted by Gasteiger charge is -2.11. The van der Waals surface area contributed by atoms with Crippen LogP contribution in [0.3, 0.4) is 0 Å². The largest absolute Gasteiger partial charge is 0.456 e. The Morgan fingerprint density at radius 1 is 0.344 bits per heavy atom. The van der Waals surface area contributed by atoms with E-state index in [1.54, 1.807) is 0 Å². The molecule has 0 N–H and O–H groups in total. The van der Waals surface area contributed by atoms with Gasteiger partial charge in [0, 0.05) is 38.3 Å². The van der Waals surface area contributed by atoms with E-state index < -0.39 is 0 Å². The van der Waals surface area contributed by atoms with Gasteiger partial charge in [-0.3, -0.25) is 8.97 Å². The van der Waals surface area contributed by atoms with Crippen molar-refractivity contribution in [1.82, 2.24) is 23.1 Å². The Bertz CT molecular complexity index is 4080. The van der Waals surface area contributed by atoms with Gasteiger partial charge in [0.15, 0.2) is 0 Å². The van der Waals surface area contributed by atoms with Crippen LogP contribution in [0.25, 0.3) is 122 Å². The molecule has 14 rings (SSSR count). The molecule has 14 aromatic rings. The van der Waals surface area contributed by atoms with Gasteiger partial charge < -0.3 is 13.6 Å². The third-order valence-electron chi connectivity index (χ3n) is 12.8. The van der Waals surface area contributed by atoms with Crippen LogP contribution in [0, 0.1) is 0 Å². The zero-order valence-corrected chi connectivity index (χ0v) is 32.7. The molecule has 61 heavy (non-hydrogen) atoms. The number of hydrogen-bond acceptors (Lipinski definition) is 2. The van der Waals surface area contributed by atoms with Crippen molar-refractivity contribution in [2.24, 2.45) is 0 Å². The second-order valence-corrected chi connectivity index (χ2v) is 16.0. The fourth-order valence-electron chi connectivity index (χ4n) is 10.2. The minimum absolute atomic E-state index is 0.860. The van der Waals surface area contributed by atoms with Crippen LogP contribution < -0.4 is 0 Å².